The Morgan fingerprint density at radius 3 is 2.78 bits per heavy atom. The predicted octanol–water partition coefficient (Wildman–Crippen LogP) is 5.58. The summed E-state index contributed by atoms with van der Waals surface area (Å²) in [6.07, 6.45) is 17.2. The summed E-state index contributed by atoms with van der Waals surface area (Å²) in [4.78, 5) is 6.92. The molecule has 5 atom stereocenters. The van der Waals surface area contributed by atoms with Gasteiger partial charge in [-0.1, -0.05) is 37.6 Å². The van der Waals surface area contributed by atoms with Crippen LogP contribution in [0.2, 0.25) is 0 Å². The molecule has 27 heavy (non-hydrogen) atoms. The highest BCUT2D eigenvalue weighted by molar-refractivity contribution is 5.72. The number of hydrogen-bond donors (Lipinski definition) is 0. The number of rotatable bonds is 1. The lowest BCUT2D eigenvalue weighted by molar-refractivity contribution is -0.0194. The number of pyridine rings is 1. The molecule has 0 radical (unpaired) electrons. The van der Waals surface area contributed by atoms with Gasteiger partial charge >= 0.3 is 0 Å². The average Bonchev–Trinajstić information content (AvgIpc) is 2.95. The summed E-state index contributed by atoms with van der Waals surface area (Å²) < 4.78 is 0. The van der Waals surface area contributed by atoms with Crippen molar-refractivity contribution in [2.24, 2.45) is 28.6 Å². The SMILES string of the molecule is CN1CC=C2CC[C@@H]3[C@H](CC[C@]4(C)C(c5cccnc5)=CC[C@@H]34)[C@@]2(C)CC1. The van der Waals surface area contributed by atoms with Gasteiger partial charge in [0.05, 0.1) is 0 Å². The molecule has 2 nitrogen and oxygen atoms in total. The fourth-order valence-corrected chi connectivity index (χ4v) is 7.33. The van der Waals surface area contributed by atoms with Gasteiger partial charge in [0.15, 0.2) is 0 Å². The quantitative estimate of drug-likeness (QED) is 0.606. The topological polar surface area (TPSA) is 16.1 Å². The van der Waals surface area contributed by atoms with Crippen molar-refractivity contribution in [3.05, 3.63) is 47.8 Å². The van der Waals surface area contributed by atoms with Crippen LogP contribution < -0.4 is 0 Å². The number of allylic oxidation sites excluding steroid dienone is 3. The molecule has 0 unspecified atom stereocenters. The third-order valence-electron chi connectivity index (χ3n) is 8.95. The number of hydrogen-bond acceptors (Lipinski definition) is 2. The van der Waals surface area contributed by atoms with Crippen LogP contribution in [0.3, 0.4) is 0 Å². The number of aromatic nitrogens is 1. The fourth-order valence-electron chi connectivity index (χ4n) is 7.33. The first-order valence-electron chi connectivity index (χ1n) is 11.0. The lowest BCUT2D eigenvalue weighted by Gasteiger charge is -2.57. The maximum Gasteiger partial charge on any atom is 0.0343 e. The molecule has 1 aromatic rings. The third kappa shape index (κ3) is 2.59. The zero-order chi connectivity index (χ0) is 18.6. The van der Waals surface area contributed by atoms with Gasteiger partial charge in [0, 0.05) is 18.9 Å². The third-order valence-corrected chi connectivity index (χ3v) is 8.95. The van der Waals surface area contributed by atoms with Gasteiger partial charge in [-0.25, -0.2) is 0 Å². The molecule has 3 aliphatic carbocycles. The van der Waals surface area contributed by atoms with E-state index in [-0.39, 0.29) is 0 Å². The van der Waals surface area contributed by atoms with E-state index in [1.165, 1.54) is 50.6 Å². The van der Waals surface area contributed by atoms with Crippen molar-refractivity contribution in [3.63, 3.8) is 0 Å². The van der Waals surface area contributed by atoms with Crippen LogP contribution in [0, 0.1) is 28.6 Å². The van der Waals surface area contributed by atoms with E-state index < -0.39 is 0 Å². The molecule has 1 aliphatic heterocycles. The minimum atomic E-state index is 0.350. The second-order valence-electron chi connectivity index (χ2n) is 10.1. The van der Waals surface area contributed by atoms with Crippen LogP contribution in [0.5, 0.6) is 0 Å². The standard InChI is InChI=1S/C25H34N2/c1-24-13-16-27(3)15-11-19(24)6-7-20-22-9-8-21(18-5-4-14-26-17-18)25(22,2)12-10-23(20)24/h4-5,8,11,14,17,20,22-23H,6-7,9-10,12-13,15-16H2,1-3H3/t20-,22-,23-,24-,25+/m0/s1. The van der Waals surface area contributed by atoms with E-state index in [0.717, 1.165) is 24.3 Å². The summed E-state index contributed by atoms with van der Waals surface area (Å²) in [6.45, 7) is 7.58. The molecule has 2 heteroatoms. The first-order chi connectivity index (χ1) is 13.0. The normalized spacial score (nSPS) is 41.7. The van der Waals surface area contributed by atoms with E-state index in [1.54, 1.807) is 11.1 Å². The Labute approximate surface area is 164 Å². The van der Waals surface area contributed by atoms with Gasteiger partial charge in [0.1, 0.15) is 0 Å². The Morgan fingerprint density at radius 2 is 1.96 bits per heavy atom. The average molecular weight is 363 g/mol. The summed E-state index contributed by atoms with van der Waals surface area (Å²) >= 11 is 0. The molecule has 0 amide bonds. The molecule has 0 aromatic carbocycles. The molecule has 0 saturated heterocycles. The van der Waals surface area contributed by atoms with Crippen molar-refractivity contribution in [2.45, 2.75) is 52.4 Å². The maximum atomic E-state index is 4.41. The summed E-state index contributed by atoms with van der Waals surface area (Å²) in [5, 5.41) is 0. The minimum Gasteiger partial charge on any atom is -0.303 e. The summed E-state index contributed by atoms with van der Waals surface area (Å²) in [7, 11) is 2.29. The van der Waals surface area contributed by atoms with E-state index in [4.69, 9.17) is 0 Å². The summed E-state index contributed by atoms with van der Waals surface area (Å²) in [5.74, 6) is 2.59. The molecule has 0 spiro atoms. The van der Waals surface area contributed by atoms with Crippen LogP contribution in [0.4, 0.5) is 0 Å². The van der Waals surface area contributed by atoms with Gasteiger partial charge in [0.25, 0.3) is 0 Å². The van der Waals surface area contributed by atoms with Crippen molar-refractivity contribution < 1.29 is 0 Å². The van der Waals surface area contributed by atoms with E-state index in [9.17, 15) is 0 Å². The zero-order valence-corrected chi connectivity index (χ0v) is 17.2. The van der Waals surface area contributed by atoms with Crippen LogP contribution >= 0.6 is 0 Å². The monoisotopic (exact) mass is 362 g/mol. The van der Waals surface area contributed by atoms with E-state index in [1.807, 2.05) is 6.20 Å². The highest BCUT2D eigenvalue weighted by atomic mass is 15.1. The lowest BCUT2D eigenvalue weighted by atomic mass is 9.47. The van der Waals surface area contributed by atoms with Crippen LogP contribution in [0.1, 0.15) is 57.9 Å². The Morgan fingerprint density at radius 1 is 1.07 bits per heavy atom. The molecule has 1 aromatic heterocycles. The number of likely N-dealkylation sites (N-methyl/N-ethyl adjacent to an activating group) is 1. The Bertz CT molecular complexity index is 779. The molecule has 2 heterocycles. The van der Waals surface area contributed by atoms with Gasteiger partial charge < -0.3 is 4.90 Å². The Balaban J connectivity index is 1.46. The van der Waals surface area contributed by atoms with Crippen LogP contribution in [0.25, 0.3) is 5.57 Å². The highest BCUT2D eigenvalue weighted by Crippen LogP contribution is 2.66. The molecule has 5 rings (SSSR count). The lowest BCUT2D eigenvalue weighted by Crippen LogP contribution is -2.49. The van der Waals surface area contributed by atoms with Gasteiger partial charge in [0.2, 0.25) is 0 Å². The summed E-state index contributed by atoms with van der Waals surface area (Å²) in [6, 6.07) is 4.36. The molecular formula is C25H34N2. The van der Waals surface area contributed by atoms with E-state index in [2.05, 4.69) is 61.3 Å². The highest BCUT2D eigenvalue weighted by Gasteiger charge is 2.56. The van der Waals surface area contributed by atoms with Gasteiger partial charge in [-0.05, 0) is 97.9 Å². The predicted molar refractivity (Wildman–Crippen MR) is 112 cm³/mol. The molecule has 0 bridgehead atoms. The van der Waals surface area contributed by atoms with E-state index >= 15 is 0 Å². The molecule has 4 aliphatic rings. The van der Waals surface area contributed by atoms with Crippen molar-refractivity contribution in [2.75, 3.05) is 20.1 Å². The zero-order valence-electron chi connectivity index (χ0n) is 17.2. The van der Waals surface area contributed by atoms with Crippen molar-refractivity contribution >= 4 is 5.57 Å². The number of fused-ring (bicyclic) bond motifs is 5. The van der Waals surface area contributed by atoms with Gasteiger partial charge in [-0.3, -0.25) is 4.98 Å². The van der Waals surface area contributed by atoms with Crippen molar-refractivity contribution in [3.8, 4) is 0 Å². The van der Waals surface area contributed by atoms with Crippen LogP contribution in [-0.4, -0.2) is 30.0 Å². The minimum absolute atomic E-state index is 0.350. The second kappa shape index (κ2) is 6.30. The second-order valence-corrected chi connectivity index (χ2v) is 10.1. The summed E-state index contributed by atoms with van der Waals surface area (Å²) in [5.41, 5.74) is 5.52. The molecular weight excluding hydrogens is 328 g/mol. The molecule has 2 fully saturated rings. The first kappa shape index (κ1) is 17.7. The first-order valence-corrected chi connectivity index (χ1v) is 11.0. The molecule has 2 saturated carbocycles. The van der Waals surface area contributed by atoms with Crippen LogP contribution in [0.15, 0.2) is 42.3 Å². The molecule has 0 N–H and O–H groups in total. The number of nitrogens with zero attached hydrogens (tertiary/aromatic N) is 2. The molecule has 144 valence electrons. The Kier molecular flexibility index (Phi) is 4.13. The Hall–Kier alpha value is -1.41. The van der Waals surface area contributed by atoms with Crippen molar-refractivity contribution in [1.82, 2.24) is 9.88 Å². The van der Waals surface area contributed by atoms with Gasteiger partial charge in [-0.2, -0.15) is 0 Å². The van der Waals surface area contributed by atoms with Crippen molar-refractivity contribution in [1.29, 1.82) is 0 Å². The van der Waals surface area contributed by atoms with E-state index in [0.29, 0.717) is 10.8 Å². The largest absolute Gasteiger partial charge is 0.303 e. The fraction of sp³-hybridized carbons (Fsp3) is 0.640. The maximum absolute atomic E-state index is 4.41. The van der Waals surface area contributed by atoms with Gasteiger partial charge in [-0.15, -0.1) is 0 Å². The van der Waals surface area contributed by atoms with Crippen LogP contribution in [-0.2, 0) is 0 Å². The smallest absolute Gasteiger partial charge is 0.0343 e.